The Bertz CT molecular complexity index is 596. The molecule has 4 rings (SSSR count). The molecule has 1 aliphatic heterocycles. The van der Waals surface area contributed by atoms with E-state index >= 15 is 0 Å². The van der Waals surface area contributed by atoms with Gasteiger partial charge in [-0.15, -0.1) is 0 Å². The van der Waals surface area contributed by atoms with Crippen LogP contribution in [0.25, 0.3) is 0 Å². The molecule has 0 bridgehead atoms. The zero-order chi connectivity index (χ0) is 16.7. The van der Waals surface area contributed by atoms with Crippen molar-refractivity contribution in [2.75, 3.05) is 0 Å². The van der Waals surface area contributed by atoms with Gasteiger partial charge in [-0.3, -0.25) is 4.79 Å². The number of hydrogen-bond donors (Lipinski definition) is 0. The van der Waals surface area contributed by atoms with Gasteiger partial charge in [0.2, 0.25) is 0 Å². The second kappa shape index (κ2) is 6.74. The smallest absolute Gasteiger partial charge is 0.314 e. The molecule has 24 heavy (non-hydrogen) atoms. The van der Waals surface area contributed by atoms with Crippen LogP contribution < -0.4 is 4.74 Å². The first-order chi connectivity index (χ1) is 11.6. The molecule has 1 aromatic carbocycles. The summed E-state index contributed by atoms with van der Waals surface area (Å²) in [6.07, 6.45) is 7.17. The average Bonchev–Trinajstić information content (AvgIpc) is 3.37. The number of rotatable bonds is 4. The zero-order valence-corrected chi connectivity index (χ0v) is 15.6. The summed E-state index contributed by atoms with van der Waals surface area (Å²) in [6, 6.07) is 8.10. The number of carbonyl (C=O) groups is 1. The molecule has 1 saturated heterocycles. The van der Waals surface area contributed by atoms with Gasteiger partial charge in [0.25, 0.3) is 0 Å². The lowest BCUT2D eigenvalue weighted by atomic mass is 9.67. The van der Waals surface area contributed by atoms with Crippen LogP contribution in [-0.2, 0) is 4.79 Å². The van der Waals surface area contributed by atoms with Crippen LogP contribution in [0.4, 0.5) is 0 Å². The fourth-order valence-corrected chi connectivity index (χ4v) is 5.93. The highest BCUT2D eigenvalue weighted by Gasteiger charge is 2.49. The van der Waals surface area contributed by atoms with E-state index in [4.69, 9.17) is 4.74 Å². The van der Waals surface area contributed by atoms with Gasteiger partial charge in [-0.2, -0.15) is 11.8 Å². The lowest BCUT2D eigenvalue weighted by Gasteiger charge is -2.37. The minimum absolute atomic E-state index is 0.00434. The van der Waals surface area contributed by atoms with Crippen molar-refractivity contribution in [1.82, 2.24) is 0 Å². The summed E-state index contributed by atoms with van der Waals surface area (Å²) < 4.78 is 5.70. The Morgan fingerprint density at radius 1 is 1.12 bits per heavy atom. The lowest BCUT2D eigenvalue weighted by Crippen LogP contribution is -2.35. The maximum absolute atomic E-state index is 12.6. The molecular formula is C21H28O2S. The van der Waals surface area contributed by atoms with Crippen LogP contribution in [0.2, 0.25) is 0 Å². The van der Waals surface area contributed by atoms with E-state index in [9.17, 15) is 4.79 Å². The first-order valence-electron chi connectivity index (χ1n) is 9.61. The zero-order valence-electron chi connectivity index (χ0n) is 14.7. The summed E-state index contributed by atoms with van der Waals surface area (Å²) in [5.41, 5.74) is 1.32. The second-order valence-corrected chi connectivity index (χ2v) is 9.50. The third kappa shape index (κ3) is 3.37. The molecule has 2 aliphatic carbocycles. The van der Waals surface area contributed by atoms with E-state index in [1.165, 1.54) is 24.8 Å². The predicted molar refractivity (Wildman–Crippen MR) is 99.5 cm³/mol. The summed E-state index contributed by atoms with van der Waals surface area (Å²) in [4.78, 5) is 12.6. The van der Waals surface area contributed by atoms with Crippen molar-refractivity contribution in [2.24, 2.45) is 17.8 Å². The average molecular weight is 345 g/mol. The summed E-state index contributed by atoms with van der Waals surface area (Å²) >= 11 is 2.17. The SMILES string of the molecule is CCC(C)c1ccc(OC(=O)C2CCC3CC4SC4CC3C2)cc1. The Labute approximate surface area is 149 Å². The van der Waals surface area contributed by atoms with Gasteiger partial charge in [0.15, 0.2) is 0 Å². The van der Waals surface area contributed by atoms with Gasteiger partial charge in [0.1, 0.15) is 5.75 Å². The van der Waals surface area contributed by atoms with E-state index in [0.717, 1.165) is 41.6 Å². The van der Waals surface area contributed by atoms with E-state index in [0.29, 0.717) is 11.7 Å². The summed E-state index contributed by atoms with van der Waals surface area (Å²) in [5, 5.41) is 1.87. The van der Waals surface area contributed by atoms with Gasteiger partial charge in [0.05, 0.1) is 5.92 Å². The number of benzene rings is 1. The number of carbonyl (C=O) groups excluding carboxylic acids is 1. The molecule has 3 aliphatic rings. The number of esters is 1. The van der Waals surface area contributed by atoms with Gasteiger partial charge in [0, 0.05) is 10.5 Å². The Kier molecular flexibility index (Phi) is 4.64. The molecule has 2 nitrogen and oxygen atoms in total. The molecule has 0 aromatic heterocycles. The fourth-order valence-electron chi connectivity index (χ4n) is 4.63. The molecule has 3 fully saturated rings. The Hall–Kier alpha value is -0.960. The number of fused-ring (bicyclic) bond motifs is 2. The quantitative estimate of drug-likeness (QED) is 0.415. The molecule has 1 aromatic rings. The maximum atomic E-state index is 12.6. The van der Waals surface area contributed by atoms with Crippen molar-refractivity contribution >= 4 is 17.7 Å². The van der Waals surface area contributed by atoms with Gasteiger partial charge in [-0.25, -0.2) is 0 Å². The molecule has 6 unspecified atom stereocenters. The van der Waals surface area contributed by atoms with Crippen LogP contribution in [0.15, 0.2) is 24.3 Å². The van der Waals surface area contributed by atoms with Crippen molar-refractivity contribution in [1.29, 1.82) is 0 Å². The maximum Gasteiger partial charge on any atom is 0.314 e. The predicted octanol–water partition coefficient (Wildman–Crippen LogP) is 5.42. The first kappa shape index (κ1) is 16.5. The highest BCUT2D eigenvalue weighted by molar-refractivity contribution is 8.07. The summed E-state index contributed by atoms with van der Waals surface area (Å²) in [5.74, 6) is 3.01. The topological polar surface area (TPSA) is 26.3 Å². The van der Waals surface area contributed by atoms with E-state index < -0.39 is 0 Å². The molecule has 3 heteroatoms. The van der Waals surface area contributed by atoms with Crippen molar-refractivity contribution in [3.63, 3.8) is 0 Å². The molecule has 2 saturated carbocycles. The third-order valence-corrected chi connectivity index (χ3v) is 7.94. The Balaban J connectivity index is 1.34. The standard InChI is InChI=1S/C21H28O2S/c1-3-13(2)14-6-8-18(9-7-14)23-21(22)16-5-4-15-11-19-20(24-19)12-17(15)10-16/h6-9,13,15-17,19-20H,3-5,10-12H2,1-2H3. The Morgan fingerprint density at radius 2 is 1.83 bits per heavy atom. The van der Waals surface area contributed by atoms with E-state index in [1.807, 2.05) is 12.1 Å². The molecule has 0 N–H and O–H groups in total. The monoisotopic (exact) mass is 344 g/mol. The third-order valence-electron chi connectivity index (χ3n) is 6.51. The van der Waals surface area contributed by atoms with Crippen LogP contribution in [0.5, 0.6) is 5.75 Å². The van der Waals surface area contributed by atoms with E-state index in [2.05, 4.69) is 37.7 Å². The molecule has 1 heterocycles. The minimum Gasteiger partial charge on any atom is -0.426 e. The first-order valence-corrected chi connectivity index (χ1v) is 10.6. The van der Waals surface area contributed by atoms with E-state index in [1.54, 1.807) is 0 Å². The highest BCUT2D eigenvalue weighted by atomic mass is 32.2. The van der Waals surface area contributed by atoms with Crippen molar-refractivity contribution < 1.29 is 9.53 Å². The molecule has 0 amide bonds. The van der Waals surface area contributed by atoms with Crippen LogP contribution >= 0.6 is 11.8 Å². The number of thioether (sulfide) groups is 1. The van der Waals surface area contributed by atoms with Gasteiger partial charge < -0.3 is 4.74 Å². The van der Waals surface area contributed by atoms with Crippen LogP contribution in [0, 0.1) is 17.8 Å². The van der Waals surface area contributed by atoms with Crippen LogP contribution in [0.3, 0.4) is 0 Å². The Morgan fingerprint density at radius 3 is 2.54 bits per heavy atom. The minimum atomic E-state index is -0.00434. The number of hydrogen-bond acceptors (Lipinski definition) is 3. The largest absolute Gasteiger partial charge is 0.426 e. The summed E-state index contributed by atoms with van der Waals surface area (Å²) in [7, 11) is 0. The lowest BCUT2D eigenvalue weighted by molar-refractivity contribution is -0.141. The van der Waals surface area contributed by atoms with Gasteiger partial charge in [-0.1, -0.05) is 26.0 Å². The van der Waals surface area contributed by atoms with Gasteiger partial charge in [-0.05, 0) is 74.0 Å². The normalized spacial score (nSPS) is 35.5. The van der Waals surface area contributed by atoms with Crippen LogP contribution in [0.1, 0.15) is 63.9 Å². The van der Waals surface area contributed by atoms with Crippen molar-refractivity contribution in [3.05, 3.63) is 29.8 Å². The molecule has 0 radical (unpaired) electrons. The second-order valence-electron chi connectivity index (χ2n) is 8.01. The molecule has 130 valence electrons. The number of ether oxygens (including phenoxy) is 1. The van der Waals surface area contributed by atoms with Crippen molar-refractivity contribution in [2.45, 2.75) is 68.8 Å². The van der Waals surface area contributed by atoms with Crippen molar-refractivity contribution in [3.8, 4) is 5.75 Å². The molecular weight excluding hydrogens is 316 g/mol. The highest BCUT2D eigenvalue weighted by Crippen LogP contribution is 2.57. The molecule has 6 atom stereocenters. The fraction of sp³-hybridized carbons (Fsp3) is 0.667. The molecule has 0 spiro atoms. The summed E-state index contributed by atoms with van der Waals surface area (Å²) in [6.45, 7) is 4.43. The van der Waals surface area contributed by atoms with Gasteiger partial charge >= 0.3 is 5.97 Å². The van der Waals surface area contributed by atoms with E-state index in [-0.39, 0.29) is 11.9 Å². The van der Waals surface area contributed by atoms with Crippen LogP contribution in [-0.4, -0.2) is 16.5 Å².